The predicted octanol–water partition coefficient (Wildman–Crippen LogP) is 6.69. The van der Waals surface area contributed by atoms with Crippen LogP contribution in [0.4, 0.5) is 0 Å². The average Bonchev–Trinajstić information content (AvgIpc) is 3.23. The van der Waals surface area contributed by atoms with Crippen LogP contribution in [0.15, 0.2) is 218 Å². The molecule has 1 nitrogen and oxygen atoms in total. The first-order valence-corrected chi connectivity index (χ1v) is 22.4. The van der Waals surface area contributed by atoms with Crippen molar-refractivity contribution in [2.45, 2.75) is 0 Å². The molecule has 0 fully saturated rings. The van der Waals surface area contributed by atoms with Crippen molar-refractivity contribution in [1.82, 2.24) is 0 Å². The molecular formula is C48H36OP2Si. The van der Waals surface area contributed by atoms with Crippen LogP contribution in [0.25, 0.3) is 0 Å². The van der Waals surface area contributed by atoms with Gasteiger partial charge in [0.25, 0.3) is 0 Å². The van der Waals surface area contributed by atoms with Crippen molar-refractivity contribution in [3.63, 3.8) is 0 Å². The molecule has 0 spiro atoms. The first kappa shape index (κ1) is 32.5. The van der Waals surface area contributed by atoms with Gasteiger partial charge in [0.2, 0.25) is 0 Å². The van der Waals surface area contributed by atoms with E-state index in [0.717, 1.165) is 11.5 Å². The third-order valence-electron chi connectivity index (χ3n) is 9.95. The van der Waals surface area contributed by atoms with Crippen LogP contribution in [0.1, 0.15) is 0 Å². The zero-order valence-corrected chi connectivity index (χ0v) is 31.4. The fraction of sp³-hybridized carbons (Fsp3) is 0. The fourth-order valence-electron chi connectivity index (χ4n) is 7.78. The van der Waals surface area contributed by atoms with Gasteiger partial charge in [-0.25, -0.2) is 0 Å². The van der Waals surface area contributed by atoms with Crippen molar-refractivity contribution in [2.24, 2.45) is 0 Å². The van der Waals surface area contributed by atoms with E-state index in [1.54, 1.807) is 0 Å². The van der Waals surface area contributed by atoms with Crippen LogP contribution in [-0.4, -0.2) is 8.07 Å². The number of ether oxygens (including phenoxy) is 1. The summed E-state index contributed by atoms with van der Waals surface area (Å²) in [6.45, 7) is 0. The van der Waals surface area contributed by atoms with Crippen molar-refractivity contribution in [1.29, 1.82) is 0 Å². The summed E-state index contributed by atoms with van der Waals surface area (Å²) >= 11 is 0. The zero-order valence-electron chi connectivity index (χ0n) is 28.6. The predicted molar refractivity (Wildman–Crippen MR) is 228 cm³/mol. The van der Waals surface area contributed by atoms with Gasteiger partial charge in [0, 0.05) is 10.6 Å². The Balaban J connectivity index is 1.41. The van der Waals surface area contributed by atoms with Gasteiger partial charge in [-0.05, 0) is 57.8 Å². The molecule has 0 atom stereocenters. The van der Waals surface area contributed by atoms with Crippen molar-refractivity contribution in [3.8, 4) is 11.5 Å². The quantitative estimate of drug-likeness (QED) is 0.126. The average molecular weight is 719 g/mol. The van der Waals surface area contributed by atoms with Crippen LogP contribution in [0, 0.1) is 0 Å². The molecular weight excluding hydrogens is 683 g/mol. The van der Waals surface area contributed by atoms with Gasteiger partial charge in [0.1, 0.15) is 11.5 Å². The van der Waals surface area contributed by atoms with E-state index in [1.165, 1.54) is 52.6 Å². The Kier molecular flexibility index (Phi) is 8.97. The maximum atomic E-state index is 7.65. The Bertz CT molecular complexity index is 2170. The number of hydrogen-bond donors (Lipinski definition) is 0. The molecule has 9 rings (SSSR count). The molecule has 8 aromatic carbocycles. The summed E-state index contributed by atoms with van der Waals surface area (Å²) in [6.07, 6.45) is 0. The van der Waals surface area contributed by atoms with Crippen molar-refractivity contribution < 1.29 is 4.74 Å². The number of hydrogen-bond acceptors (Lipinski definition) is 1. The highest BCUT2D eigenvalue weighted by Crippen LogP contribution is 2.42. The van der Waals surface area contributed by atoms with E-state index in [4.69, 9.17) is 4.74 Å². The minimum atomic E-state index is -2.94. The molecule has 248 valence electrons. The molecule has 0 N–H and O–H groups in total. The SMILES string of the molecule is c1ccc(P(c2ccccc2)c2cccc3c2Oc2c(P(c4ccccc4)c4ccccc4)cccc2[Si]3(c2ccccc2)c2ccccc2)cc1. The highest BCUT2D eigenvalue weighted by Gasteiger charge is 2.50. The largest absolute Gasteiger partial charge is 0.456 e. The lowest BCUT2D eigenvalue weighted by atomic mass is 10.3. The summed E-state index contributed by atoms with van der Waals surface area (Å²) in [5, 5.41) is 13.0. The van der Waals surface area contributed by atoms with Crippen molar-refractivity contribution in [3.05, 3.63) is 218 Å². The molecule has 0 aliphatic carbocycles. The van der Waals surface area contributed by atoms with E-state index >= 15 is 0 Å². The van der Waals surface area contributed by atoms with Crippen LogP contribution in [0.3, 0.4) is 0 Å². The van der Waals surface area contributed by atoms with Crippen LogP contribution in [-0.2, 0) is 0 Å². The number of fused-ring (bicyclic) bond motifs is 2. The number of benzene rings is 8. The monoisotopic (exact) mass is 718 g/mol. The molecule has 0 saturated heterocycles. The Morgan fingerprint density at radius 1 is 0.288 bits per heavy atom. The van der Waals surface area contributed by atoms with E-state index in [-0.39, 0.29) is 0 Å². The summed E-state index contributed by atoms with van der Waals surface area (Å²) < 4.78 is 7.65. The maximum Gasteiger partial charge on any atom is 0.188 e. The molecule has 0 aromatic heterocycles. The van der Waals surface area contributed by atoms with Gasteiger partial charge in [-0.2, -0.15) is 0 Å². The number of rotatable bonds is 8. The van der Waals surface area contributed by atoms with E-state index in [2.05, 4.69) is 218 Å². The van der Waals surface area contributed by atoms with Crippen LogP contribution in [0.5, 0.6) is 11.5 Å². The lowest BCUT2D eigenvalue weighted by Gasteiger charge is -2.42. The second kappa shape index (κ2) is 14.3. The second-order valence-electron chi connectivity index (χ2n) is 12.9. The molecule has 0 saturated carbocycles. The van der Waals surface area contributed by atoms with Crippen molar-refractivity contribution >= 4 is 76.5 Å². The van der Waals surface area contributed by atoms with Gasteiger partial charge in [0.15, 0.2) is 8.07 Å². The molecule has 8 aromatic rings. The second-order valence-corrected chi connectivity index (χ2v) is 21.0. The Morgan fingerprint density at radius 3 is 0.885 bits per heavy atom. The maximum absolute atomic E-state index is 7.65. The summed E-state index contributed by atoms with van der Waals surface area (Å²) in [4.78, 5) is 0. The topological polar surface area (TPSA) is 9.23 Å². The van der Waals surface area contributed by atoms with Gasteiger partial charge >= 0.3 is 0 Å². The fourth-order valence-corrected chi connectivity index (χ4v) is 17.8. The summed E-state index contributed by atoms with van der Waals surface area (Å²) in [5.41, 5.74) is 0. The smallest absolute Gasteiger partial charge is 0.188 e. The molecule has 0 amide bonds. The zero-order chi connectivity index (χ0) is 34.7. The molecule has 1 aliphatic rings. The molecule has 0 unspecified atom stereocenters. The van der Waals surface area contributed by atoms with Gasteiger partial charge in [-0.1, -0.05) is 218 Å². The first-order chi connectivity index (χ1) is 25.8. The van der Waals surface area contributed by atoms with Crippen molar-refractivity contribution in [2.75, 3.05) is 0 Å². The van der Waals surface area contributed by atoms with Gasteiger partial charge in [-0.15, -0.1) is 0 Å². The Morgan fingerprint density at radius 2 is 0.577 bits per heavy atom. The highest BCUT2D eigenvalue weighted by molar-refractivity contribution is 7.80. The van der Waals surface area contributed by atoms with Crippen LogP contribution >= 0.6 is 15.8 Å². The minimum absolute atomic E-state index is 0.939. The van der Waals surface area contributed by atoms with Gasteiger partial charge < -0.3 is 4.74 Å². The van der Waals surface area contributed by atoms with Gasteiger partial charge in [0.05, 0.1) is 0 Å². The molecule has 52 heavy (non-hydrogen) atoms. The van der Waals surface area contributed by atoms with E-state index in [0.29, 0.717) is 0 Å². The summed E-state index contributed by atoms with van der Waals surface area (Å²) in [7, 11) is -4.82. The van der Waals surface area contributed by atoms with Crippen LogP contribution in [0.2, 0.25) is 0 Å². The normalized spacial score (nSPS) is 12.9. The Hall–Kier alpha value is -5.36. The third-order valence-corrected chi connectivity index (χ3v) is 19.7. The van der Waals surface area contributed by atoms with E-state index in [1.807, 2.05) is 0 Å². The van der Waals surface area contributed by atoms with Crippen LogP contribution < -0.4 is 57.3 Å². The van der Waals surface area contributed by atoms with E-state index in [9.17, 15) is 0 Å². The molecule has 0 radical (unpaired) electrons. The lowest BCUT2D eigenvalue weighted by molar-refractivity contribution is 0.495. The minimum Gasteiger partial charge on any atom is -0.456 e. The molecule has 0 bridgehead atoms. The molecule has 4 heteroatoms. The van der Waals surface area contributed by atoms with E-state index < -0.39 is 23.9 Å². The summed E-state index contributed by atoms with van der Waals surface area (Å²) in [5.74, 6) is 2.02. The third kappa shape index (κ3) is 5.65. The first-order valence-electron chi connectivity index (χ1n) is 17.7. The molecule has 1 heterocycles. The standard InChI is InChI=1S/C48H36OP2Si/c1-7-21-37(22-8-1)50(38-23-9-2-10-24-38)43-33-19-35-45-47(43)49-48-44(51(39-25-11-3-12-26-39)40-27-13-4-14-28-40)34-20-36-46(48)52(45,41-29-15-5-16-30-41)42-31-17-6-18-32-42/h1-36H. The Labute approximate surface area is 309 Å². The highest BCUT2D eigenvalue weighted by atomic mass is 31.1. The number of para-hydroxylation sites is 2. The lowest BCUT2D eigenvalue weighted by Crippen LogP contribution is -2.76. The molecule has 1 aliphatic heterocycles. The van der Waals surface area contributed by atoms with Gasteiger partial charge in [-0.3, -0.25) is 0 Å². The summed E-state index contributed by atoms with van der Waals surface area (Å²) in [6, 6.07) is 80.4.